The second kappa shape index (κ2) is 9.37. The van der Waals surface area contributed by atoms with Crippen molar-refractivity contribution in [2.24, 2.45) is 0 Å². The van der Waals surface area contributed by atoms with Crippen molar-refractivity contribution in [2.75, 3.05) is 12.4 Å². The highest BCUT2D eigenvalue weighted by Crippen LogP contribution is 2.29. The number of nitrogens with zero attached hydrogens (tertiary/aromatic N) is 3. The summed E-state index contributed by atoms with van der Waals surface area (Å²) in [6.07, 6.45) is 1.64. The Balaban J connectivity index is 1.73. The summed E-state index contributed by atoms with van der Waals surface area (Å²) in [7, 11) is 1.54. The number of amides is 1. The Hall–Kier alpha value is -2.45. The Morgan fingerprint density at radius 3 is 2.72 bits per heavy atom. The minimum atomic E-state index is -0.393. The van der Waals surface area contributed by atoms with E-state index in [0.29, 0.717) is 28.2 Å². The van der Waals surface area contributed by atoms with Gasteiger partial charge in [-0.05, 0) is 37.3 Å². The van der Waals surface area contributed by atoms with Gasteiger partial charge in [0, 0.05) is 11.6 Å². The van der Waals surface area contributed by atoms with Gasteiger partial charge in [-0.15, -0.1) is 10.2 Å². The zero-order chi connectivity index (χ0) is 21.0. The number of hydrogen-bond donors (Lipinski definition) is 1. The number of nitrogens with one attached hydrogen (secondary N) is 1. The molecule has 0 saturated heterocycles. The van der Waals surface area contributed by atoms with Crippen LogP contribution in [0.1, 0.15) is 38.3 Å². The molecule has 2 aromatic heterocycles. The molecule has 0 fully saturated rings. The number of anilines is 1. The van der Waals surface area contributed by atoms with Crippen LogP contribution in [0.15, 0.2) is 46.2 Å². The van der Waals surface area contributed by atoms with Gasteiger partial charge in [-0.25, -0.2) is 0 Å². The molecule has 3 rings (SSSR count). The third-order valence-electron chi connectivity index (χ3n) is 4.23. The Labute approximate surface area is 178 Å². The lowest BCUT2D eigenvalue weighted by Gasteiger charge is -2.14. The molecule has 1 N–H and O–H groups in total. The van der Waals surface area contributed by atoms with E-state index in [9.17, 15) is 4.79 Å². The molecule has 2 heterocycles. The summed E-state index contributed by atoms with van der Waals surface area (Å²) in [5.74, 6) is 2.24. The summed E-state index contributed by atoms with van der Waals surface area (Å²) < 4.78 is 12.6. The molecule has 154 valence electrons. The molecule has 1 amide bonds. The van der Waals surface area contributed by atoms with E-state index in [1.807, 2.05) is 23.6 Å². The summed E-state index contributed by atoms with van der Waals surface area (Å²) in [4.78, 5) is 12.7. The third kappa shape index (κ3) is 5.13. The first-order valence-corrected chi connectivity index (χ1v) is 10.4. The number of halogens is 1. The van der Waals surface area contributed by atoms with E-state index in [0.717, 1.165) is 11.6 Å². The smallest absolute Gasteiger partial charge is 0.237 e. The average Bonchev–Trinajstić information content (AvgIpc) is 3.33. The number of thioether (sulfide) groups is 1. The first-order valence-electron chi connectivity index (χ1n) is 9.15. The molecule has 0 bridgehead atoms. The Kier molecular flexibility index (Phi) is 6.87. The van der Waals surface area contributed by atoms with Crippen molar-refractivity contribution < 1.29 is 13.9 Å². The molecule has 29 heavy (non-hydrogen) atoms. The van der Waals surface area contributed by atoms with Gasteiger partial charge in [-0.1, -0.05) is 37.2 Å². The van der Waals surface area contributed by atoms with Crippen LogP contribution in [0.2, 0.25) is 5.02 Å². The molecule has 0 aliphatic carbocycles. The monoisotopic (exact) mass is 434 g/mol. The fourth-order valence-electron chi connectivity index (χ4n) is 2.72. The number of furan rings is 1. The summed E-state index contributed by atoms with van der Waals surface area (Å²) >= 11 is 7.48. The number of ether oxygens (including phenoxy) is 1. The Morgan fingerprint density at radius 2 is 2.10 bits per heavy atom. The summed E-state index contributed by atoms with van der Waals surface area (Å²) in [5, 5.41) is 12.2. The zero-order valence-corrected chi connectivity index (χ0v) is 18.3. The molecule has 7 nitrogen and oxygen atoms in total. The van der Waals surface area contributed by atoms with E-state index >= 15 is 0 Å². The standard InChI is InChI=1S/C20H23ClN4O3S/c1-12(2)18-23-24-20(25(18)11-15-6-5-9-28-15)29-13(3)19(26)22-14-7-8-17(27-4)16(21)10-14/h5-10,12-13H,11H2,1-4H3,(H,22,26). The average molecular weight is 435 g/mol. The number of carbonyl (C=O) groups is 1. The number of carbonyl (C=O) groups excluding carboxylic acids is 1. The Morgan fingerprint density at radius 1 is 1.31 bits per heavy atom. The molecule has 0 saturated carbocycles. The summed E-state index contributed by atoms with van der Waals surface area (Å²) in [6, 6.07) is 8.87. The topological polar surface area (TPSA) is 82.2 Å². The van der Waals surface area contributed by atoms with Crippen LogP contribution in [-0.4, -0.2) is 33.0 Å². The van der Waals surface area contributed by atoms with E-state index in [4.69, 9.17) is 20.8 Å². The van der Waals surface area contributed by atoms with Gasteiger partial charge in [0.05, 0.1) is 30.2 Å². The van der Waals surface area contributed by atoms with Crippen LogP contribution in [0.4, 0.5) is 5.69 Å². The van der Waals surface area contributed by atoms with Gasteiger partial charge < -0.3 is 14.5 Å². The van der Waals surface area contributed by atoms with Crippen LogP contribution in [0.25, 0.3) is 0 Å². The van der Waals surface area contributed by atoms with Crippen LogP contribution in [0, 0.1) is 0 Å². The number of rotatable bonds is 8. The van der Waals surface area contributed by atoms with Gasteiger partial charge in [-0.2, -0.15) is 0 Å². The molecule has 1 aromatic carbocycles. The van der Waals surface area contributed by atoms with Crippen molar-refractivity contribution in [3.8, 4) is 5.75 Å². The molecule has 1 atom stereocenters. The Bertz CT molecular complexity index is 972. The SMILES string of the molecule is COc1ccc(NC(=O)C(C)Sc2nnc(C(C)C)n2Cc2ccco2)cc1Cl. The van der Waals surface area contributed by atoms with Gasteiger partial charge in [0.25, 0.3) is 0 Å². The normalized spacial score (nSPS) is 12.2. The van der Waals surface area contributed by atoms with Gasteiger partial charge in [-0.3, -0.25) is 9.36 Å². The predicted octanol–water partition coefficient (Wildman–Crippen LogP) is 4.82. The fraction of sp³-hybridized carbons (Fsp3) is 0.350. The number of methoxy groups -OCH3 is 1. The molecule has 0 aliphatic heterocycles. The molecule has 1 unspecified atom stereocenters. The number of benzene rings is 1. The van der Waals surface area contributed by atoms with Crippen LogP contribution >= 0.6 is 23.4 Å². The molecule has 9 heteroatoms. The molecule has 0 spiro atoms. The quantitative estimate of drug-likeness (QED) is 0.511. The van der Waals surface area contributed by atoms with Gasteiger partial charge in [0.2, 0.25) is 5.91 Å². The van der Waals surface area contributed by atoms with E-state index in [2.05, 4.69) is 29.4 Å². The van der Waals surface area contributed by atoms with Crippen LogP contribution in [-0.2, 0) is 11.3 Å². The van der Waals surface area contributed by atoms with Crippen LogP contribution in [0.5, 0.6) is 5.75 Å². The van der Waals surface area contributed by atoms with Crippen molar-refractivity contribution in [3.05, 3.63) is 53.2 Å². The van der Waals surface area contributed by atoms with Gasteiger partial charge in [0.15, 0.2) is 5.16 Å². The maximum atomic E-state index is 12.7. The van der Waals surface area contributed by atoms with E-state index in [1.165, 1.54) is 11.8 Å². The highest BCUT2D eigenvalue weighted by Gasteiger charge is 2.22. The zero-order valence-electron chi connectivity index (χ0n) is 16.7. The van der Waals surface area contributed by atoms with Crippen LogP contribution in [0.3, 0.4) is 0 Å². The maximum absolute atomic E-state index is 12.7. The molecular weight excluding hydrogens is 412 g/mol. The van der Waals surface area contributed by atoms with E-state index in [-0.39, 0.29) is 11.8 Å². The lowest BCUT2D eigenvalue weighted by molar-refractivity contribution is -0.115. The number of aromatic nitrogens is 3. The van der Waals surface area contributed by atoms with Crippen molar-refractivity contribution in [2.45, 2.75) is 43.6 Å². The highest BCUT2D eigenvalue weighted by molar-refractivity contribution is 8.00. The lowest BCUT2D eigenvalue weighted by atomic mass is 10.2. The number of hydrogen-bond acceptors (Lipinski definition) is 6. The molecule has 0 aliphatic rings. The summed E-state index contributed by atoms with van der Waals surface area (Å²) in [6.45, 7) is 6.45. The van der Waals surface area contributed by atoms with E-state index in [1.54, 1.807) is 31.6 Å². The van der Waals surface area contributed by atoms with Crippen molar-refractivity contribution in [1.29, 1.82) is 0 Å². The molecular formula is C20H23ClN4O3S. The summed E-state index contributed by atoms with van der Waals surface area (Å²) in [5.41, 5.74) is 0.605. The van der Waals surface area contributed by atoms with Crippen molar-refractivity contribution >= 4 is 35.0 Å². The van der Waals surface area contributed by atoms with Gasteiger partial charge >= 0.3 is 0 Å². The molecule has 0 radical (unpaired) electrons. The largest absolute Gasteiger partial charge is 0.495 e. The third-order valence-corrected chi connectivity index (χ3v) is 5.60. The second-order valence-electron chi connectivity index (χ2n) is 6.76. The van der Waals surface area contributed by atoms with E-state index < -0.39 is 5.25 Å². The minimum absolute atomic E-state index is 0.158. The highest BCUT2D eigenvalue weighted by atomic mass is 35.5. The minimum Gasteiger partial charge on any atom is -0.495 e. The maximum Gasteiger partial charge on any atom is 0.237 e. The predicted molar refractivity (Wildman–Crippen MR) is 114 cm³/mol. The van der Waals surface area contributed by atoms with Crippen LogP contribution < -0.4 is 10.1 Å². The fourth-order valence-corrected chi connectivity index (χ4v) is 3.83. The van der Waals surface area contributed by atoms with Crippen molar-refractivity contribution in [1.82, 2.24) is 14.8 Å². The first kappa shape index (κ1) is 21.3. The molecule has 3 aromatic rings. The second-order valence-corrected chi connectivity index (χ2v) is 8.47. The first-order chi connectivity index (χ1) is 13.9. The lowest BCUT2D eigenvalue weighted by Crippen LogP contribution is -2.23. The van der Waals surface area contributed by atoms with Gasteiger partial charge in [0.1, 0.15) is 17.3 Å². The van der Waals surface area contributed by atoms with Crippen molar-refractivity contribution in [3.63, 3.8) is 0 Å².